The number of aromatic nitrogens is 2. The minimum absolute atomic E-state index is 0.0609. The first-order valence-electron chi connectivity index (χ1n) is 4.44. The van der Waals surface area contributed by atoms with Crippen LogP contribution in [0.15, 0.2) is 0 Å². The number of nitrogens with one attached hydrogen (secondary N) is 1. The molecule has 0 spiro atoms. The highest BCUT2D eigenvalue weighted by Crippen LogP contribution is 2.42. The van der Waals surface area contributed by atoms with E-state index in [0.717, 1.165) is 17.8 Å². The van der Waals surface area contributed by atoms with Gasteiger partial charge in [0, 0.05) is 5.92 Å². The Labute approximate surface area is 86.6 Å². The fourth-order valence-corrected chi connectivity index (χ4v) is 2.74. The Bertz CT molecular complexity index is 422. The number of sulfonamides is 1. The van der Waals surface area contributed by atoms with Crippen LogP contribution in [0, 0.1) is 0 Å². The van der Waals surface area contributed by atoms with Crippen LogP contribution < -0.4 is 4.72 Å². The van der Waals surface area contributed by atoms with Crippen molar-refractivity contribution in [2.75, 3.05) is 10.5 Å². The summed E-state index contributed by atoms with van der Waals surface area (Å²) in [5.41, 5.74) is 0. The molecule has 1 aromatic rings. The topological polar surface area (TPSA) is 72.0 Å². The third-order valence-corrected chi connectivity index (χ3v) is 4.38. The molecule has 1 aromatic heterocycles. The van der Waals surface area contributed by atoms with Crippen LogP contribution in [0.2, 0.25) is 0 Å². The van der Waals surface area contributed by atoms with Gasteiger partial charge in [-0.15, -0.1) is 10.2 Å². The largest absolute Gasteiger partial charge is 0.257 e. The maximum absolute atomic E-state index is 11.2. The van der Waals surface area contributed by atoms with E-state index in [1.54, 1.807) is 6.92 Å². The third-order valence-electron chi connectivity index (χ3n) is 1.99. The summed E-state index contributed by atoms with van der Waals surface area (Å²) in [6.07, 6.45) is 2.30. The Morgan fingerprint density at radius 1 is 1.50 bits per heavy atom. The maximum atomic E-state index is 11.2. The molecule has 0 aliphatic heterocycles. The molecule has 0 amide bonds. The number of hydrogen-bond acceptors (Lipinski definition) is 5. The lowest BCUT2D eigenvalue weighted by molar-refractivity contribution is 0.602. The Hall–Kier alpha value is -0.690. The molecule has 0 bridgehead atoms. The second-order valence-corrected chi connectivity index (χ2v) is 6.25. The lowest BCUT2D eigenvalue weighted by atomic mass is 10.5. The van der Waals surface area contributed by atoms with Crippen LogP contribution in [0.5, 0.6) is 0 Å². The quantitative estimate of drug-likeness (QED) is 0.847. The van der Waals surface area contributed by atoms with Gasteiger partial charge >= 0.3 is 0 Å². The highest BCUT2D eigenvalue weighted by atomic mass is 32.2. The van der Waals surface area contributed by atoms with Gasteiger partial charge in [0.1, 0.15) is 5.01 Å². The van der Waals surface area contributed by atoms with Crippen molar-refractivity contribution in [2.45, 2.75) is 25.7 Å². The zero-order chi connectivity index (χ0) is 10.2. The van der Waals surface area contributed by atoms with E-state index in [0.29, 0.717) is 11.0 Å². The van der Waals surface area contributed by atoms with Crippen LogP contribution in [0.1, 0.15) is 30.7 Å². The van der Waals surface area contributed by atoms with E-state index >= 15 is 0 Å². The van der Waals surface area contributed by atoms with E-state index in [4.69, 9.17) is 0 Å². The van der Waals surface area contributed by atoms with Gasteiger partial charge in [-0.05, 0) is 19.8 Å². The molecular formula is C7H11N3O2S2. The fourth-order valence-electron chi connectivity index (χ4n) is 0.976. The predicted molar refractivity (Wildman–Crippen MR) is 55.0 cm³/mol. The first-order chi connectivity index (χ1) is 6.61. The molecule has 0 aromatic carbocycles. The highest BCUT2D eigenvalue weighted by Gasteiger charge is 2.27. The van der Waals surface area contributed by atoms with Gasteiger partial charge in [-0.1, -0.05) is 11.3 Å². The van der Waals surface area contributed by atoms with Gasteiger partial charge in [-0.25, -0.2) is 8.42 Å². The molecule has 0 radical (unpaired) electrons. The van der Waals surface area contributed by atoms with Crippen molar-refractivity contribution in [1.82, 2.24) is 10.2 Å². The zero-order valence-corrected chi connectivity index (χ0v) is 9.36. The average molecular weight is 233 g/mol. The standard InChI is InChI=1S/C7H11N3O2S2/c1-2-14(11,12)10-7-9-8-6(13-7)5-3-4-5/h5H,2-4H2,1H3,(H,9,10). The third kappa shape index (κ3) is 2.21. The van der Waals surface area contributed by atoms with Crippen molar-refractivity contribution in [3.05, 3.63) is 5.01 Å². The first-order valence-corrected chi connectivity index (χ1v) is 6.91. The summed E-state index contributed by atoms with van der Waals surface area (Å²) in [5, 5.41) is 9.05. The first kappa shape index (κ1) is 9.85. The minimum Gasteiger partial charge on any atom is -0.257 e. The van der Waals surface area contributed by atoms with E-state index in [1.165, 1.54) is 11.3 Å². The number of anilines is 1. The molecular weight excluding hydrogens is 222 g/mol. The van der Waals surface area contributed by atoms with Crippen molar-refractivity contribution in [3.8, 4) is 0 Å². The fraction of sp³-hybridized carbons (Fsp3) is 0.714. The smallest absolute Gasteiger partial charge is 0.234 e. The number of rotatable bonds is 4. The molecule has 1 aliphatic rings. The van der Waals surface area contributed by atoms with E-state index in [2.05, 4.69) is 14.9 Å². The summed E-state index contributed by atoms with van der Waals surface area (Å²) in [6, 6.07) is 0. The van der Waals surface area contributed by atoms with Gasteiger partial charge < -0.3 is 0 Å². The molecule has 0 unspecified atom stereocenters. The molecule has 1 N–H and O–H groups in total. The molecule has 5 nitrogen and oxygen atoms in total. The van der Waals surface area contributed by atoms with Gasteiger partial charge in [-0.2, -0.15) is 0 Å². The van der Waals surface area contributed by atoms with Crippen molar-refractivity contribution < 1.29 is 8.42 Å². The summed E-state index contributed by atoms with van der Waals surface area (Å²) in [6.45, 7) is 1.59. The Morgan fingerprint density at radius 2 is 2.21 bits per heavy atom. The summed E-state index contributed by atoms with van der Waals surface area (Å²) < 4.78 is 24.8. The molecule has 7 heteroatoms. The van der Waals surface area contributed by atoms with Crippen molar-refractivity contribution in [3.63, 3.8) is 0 Å². The van der Waals surface area contributed by atoms with Crippen LogP contribution in [0.3, 0.4) is 0 Å². The molecule has 2 rings (SSSR count). The van der Waals surface area contributed by atoms with Crippen molar-refractivity contribution in [2.24, 2.45) is 0 Å². The van der Waals surface area contributed by atoms with Crippen LogP contribution in [-0.2, 0) is 10.0 Å². The summed E-state index contributed by atoms with van der Waals surface area (Å²) in [4.78, 5) is 0. The van der Waals surface area contributed by atoms with Gasteiger partial charge in [0.25, 0.3) is 0 Å². The normalized spacial score (nSPS) is 16.9. The molecule has 14 heavy (non-hydrogen) atoms. The summed E-state index contributed by atoms with van der Waals surface area (Å²) in [7, 11) is -3.21. The van der Waals surface area contributed by atoms with E-state index in [-0.39, 0.29) is 5.75 Å². The molecule has 1 fully saturated rings. The monoisotopic (exact) mass is 233 g/mol. The zero-order valence-electron chi connectivity index (χ0n) is 7.73. The SMILES string of the molecule is CCS(=O)(=O)Nc1nnc(C2CC2)s1. The lowest BCUT2D eigenvalue weighted by Gasteiger charge is -1.98. The molecule has 0 saturated heterocycles. The van der Waals surface area contributed by atoms with Crippen LogP contribution in [0.4, 0.5) is 5.13 Å². The van der Waals surface area contributed by atoms with E-state index in [1.807, 2.05) is 0 Å². The number of nitrogens with zero attached hydrogens (tertiary/aromatic N) is 2. The Morgan fingerprint density at radius 3 is 2.79 bits per heavy atom. The second kappa shape index (κ2) is 3.47. The Kier molecular flexibility index (Phi) is 2.44. The maximum Gasteiger partial charge on any atom is 0.234 e. The second-order valence-electron chi connectivity index (χ2n) is 3.23. The van der Waals surface area contributed by atoms with Crippen LogP contribution in [-0.4, -0.2) is 24.4 Å². The van der Waals surface area contributed by atoms with Crippen LogP contribution in [0.25, 0.3) is 0 Å². The highest BCUT2D eigenvalue weighted by molar-refractivity contribution is 7.92. The number of hydrogen-bond donors (Lipinski definition) is 1. The van der Waals surface area contributed by atoms with E-state index in [9.17, 15) is 8.42 Å². The average Bonchev–Trinajstić information content (AvgIpc) is 2.89. The molecule has 1 heterocycles. The van der Waals surface area contributed by atoms with Crippen molar-refractivity contribution in [1.29, 1.82) is 0 Å². The van der Waals surface area contributed by atoms with Crippen LogP contribution >= 0.6 is 11.3 Å². The minimum atomic E-state index is -3.21. The van der Waals surface area contributed by atoms with Gasteiger partial charge in [0.05, 0.1) is 5.75 Å². The summed E-state index contributed by atoms with van der Waals surface area (Å²) >= 11 is 1.33. The Balaban J connectivity index is 2.09. The molecule has 78 valence electrons. The lowest BCUT2D eigenvalue weighted by Crippen LogP contribution is -2.14. The molecule has 1 saturated carbocycles. The van der Waals surface area contributed by atoms with Gasteiger partial charge in [0.15, 0.2) is 0 Å². The van der Waals surface area contributed by atoms with Gasteiger partial charge in [-0.3, -0.25) is 4.72 Å². The van der Waals surface area contributed by atoms with Gasteiger partial charge in [0.2, 0.25) is 15.2 Å². The molecule has 0 atom stereocenters. The predicted octanol–water partition coefficient (Wildman–Crippen LogP) is 1.18. The molecule has 1 aliphatic carbocycles. The van der Waals surface area contributed by atoms with Crippen molar-refractivity contribution >= 4 is 26.5 Å². The summed E-state index contributed by atoms with van der Waals surface area (Å²) in [5.74, 6) is 0.582. The van der Waals surface area contributed by atoms with E-state index < -0.39 is 10.0 Å².